The molecular weight excluding hydrogens is 334 g/mol. The van der Waals surface area contributed by atoms with Gasteiger partial charge in [-0.25, -0.2) is 4.79 Å². The van der Waals surface area contributed by atoms with Gasteiger partial charge in [-0.15, -0.1) is 0 Å². The van der Waals surface area contributed by atoms with Crippen molar-refractivity contribution in [3.63, 3.8) is 0 Å². The smallest absolute Gasteiger partial charge is 0.315 e. The fourth-order valence-electron chi connectivity index (χ4n) is 2.62. The van der Waals surface area contributed by atoms with Crippen LogP contribution in [0.15, 0.2) is 59.3 Å². The third-order valence-corrected chi connectivity index (χ3v) is 3.94. The van der Waals surface area contributed by atoms with Crippen LogP contribution in [0.4, 0.5) is 4.79 Å². The normalized spacial score (nSPS) is 12.0. The summed E-state index contributed by atoms with van der Waals surface area (Å²) in [6, 6.07) is 12.7. The van der Waals surface area contributed by atoms with Gasteiger partial charge in [-0.1, -0.05) is 6.07 Å². The largest absolute Gasteiger partial charge is 0.463 e. The van der Waals surface area contributed by atoms with Crippen molar-refractivity contribution < 1.29 is 18.7 Å². The molecule has 2 aromatic heterocycles. The molecule has 3 heterocycles. The number of nitrogens with one attached hydrogen (secondary N) is 2. The Morgan fingerprint density at radius 1 is 1.00 bits per heavy atom. The van der Waals surface area contributed by atoms with Crippen LogP contribution < -0.4 is 20.1 Å². The molecule has 7 heteroatoms. The Morgan fingerprint density at radius 2 is 1.81 bits per heavy atom. The lowest BCUT2D eigenvalue weighted by Gasteiger charge is -2.09. The van der Waals surface area contributed by atoms with Crippen LogP contribution in [-0.2, 0) is 13.1 Å². The Morgan fingerprint density at radius 3 is 2.62 bits per heavy atom. The van der Waals surface area contributed by atoms with E-state index in [0.29, 0.717) is 24.6 Å². The molecule has 0 radical (unpaired) electrons. The van der Waals surface area contributed by atoms with Gasteiger partial charge in [0.05, 0.1) is 6.26 Å². The highest BCUT2D eigenvalue weighted by molar-refractivity contribution is 5.73. The Hall–Kier alpha value is -3.48. The average Bonchev–Trinajstić information content (AvgIpc) is 3.36. The van der Waals surface area contributed by atoms with Gasteiger partial charge in [-0.3, -0.25) is 4.98 Å². The maximum atomic E-state index is 12.0. The first kappa shape index (κ1) is 16.0. The summed E-state index contributed by atoms with van der Waals surface area (Å²) in [6.07, 6.45) is 3.30. The first-order valence-corrected chi connectivity index (χ1v) is 8.17. The molecule has 0 saturated heterocycles. The van der Waals surface area contributed by atoms with E-state index in [9.17, 15) is 4.79 Å². The van der Waals surface area contributed by atoms with Crippen LogP contribution in [0.1, 0.15) is 11.1 Å². The molecule has 4 rings (SSSR count). The van der Waals surface area contributed by atoms with E-state index in [1.165, 1.54) is 0 Å². The van der Waals surface area contributed by atoms with Crippen LogP contribution >= 0.6 is 0 Å². The minimum absolute atomic E-state index is 0.235. The number of hydrogen-bond acceptors (Lipinski definition) is 5. The van der Waals surface area contributed by atoms with E-state index in [0.717, 1.165) is 22.6 Å². The lowest BCUT2D eigenvalue weighted by molar-refractivity contribution is 0.174. The molecule has 0 atom stereocenters. The first-order valence-electron chi connectivity index (χ1n) is 8.17. The first-order chi connectivity index (χ1) is 12.8. The topological polar surface area (TPSA) is 85.6 Å². The van der Waals surface area contributed by atoms with E-state index in [1.807, 2.05) is 42.5 Å². The minimum atomic E-state index is -0.251. The monoisotopic (exact) mass is 351 g/mol. The molecule has 0 saturated carbocycles. The molecule has 7 nitrogen and oxygen atoms in total. The van der Waals surface area contributed by atoms with Crippen LogP contribution in [-0.4, -0.2) is 17.8 Å². The molecule has 0 bridgehead atoms. The van der Waals surface area contributed by atoms with E-state index in [-0.39, 0.29) is 12.8 Å². The van der Waals surface area contributed by atoms with E-state index in [1.54, 1.807) is 12.5 Å². The number of aromatic nitrogens is 1. The summed E-state index contributed by atoms with van der Waals surface area (Å²) in [4.78, 5) is 16.3. The van der Waals surface area contributed by atoms with Crippen LogP contribution in [0.2, 0.25) is 0 Å². The molecule has 1 aliphatic heterocycles. The standard InChI is InChI=1S/C19H17N3O4/c23-19(21-10-13-3-4-17-18(9-13)26-12-25-17)22-11-14-5-6-20-15(8-14)16-2-1-7-24-16/h1-9H,10-12H2,(H2,21,22,23). The van der Waals surface area contributed by atoms with E-state index >= 15 is 0 Å². The fraction of sp³-hybridized carbons (Fsp3) is 0.158. The van der Waals surface area contributed by atoms with Gasteiger partial charge in [0.15, 0.2) is 17.3 Å². The number of furan rings is 1. The maximum absolute atomic E-state index is 12.0. The molecule has 26 heavy (non-hydrogen) atoms. The van der Waals surface area contributed by atoms with Crippen LogP contribution in [0.25, 0.3) is 11.5 Å². The lowest BCUT2D eigenvalue weighted by atomic mass is 10.2. The maximum Gasteiger partial charge on any atom is 0.315 e. The second-order valence-corrected chi connectivity index (χ2v) is 5.75. The summed E-state index contributed by atoms with van der Waals surface area (Å²) in [6.45, 7) is 1.03. The number of rotatable bonds is 5. The Labute approximate surface area is 150 Å². The molecule has 3 aromatic rings. The number of amides is 2. The van der Waals surface area contributed by atoms with Crippen molar-refractivity contribution in [3.05, 3.63) is 66.1 Å². The van der Waals surface area contributed by atoms with Crippen molar-refractivity contribution in [2.75, 3.05) is 6.79 Å². The van der Waals surface area contributed by atoms with Gasteiger partial charge >= 0.3 is 6.03 Å². The van der Waals surface area contributed by atoms with Gasteiger partial charge in [-0.2, -0.15) is 0 Å². The van der Waals surface area contributed by atoms with Crippen molar-refractivity contribution in [2.24, 2.45) is 0 Å². The second-order valence-electron chi connectivity index (χ2n) is 5.75. The molecule has 0 spiro atoms. The SMILES string of the molecule is O=C(NCc1ccnc(-c2ccco2)c1)NCc1ccc2c(c1)OCO2. The molecule has 0 aliphatic carbocycles. The molecule has 0 fully saturated rings. The number of urea groups is 1. The summed E-state index contributed by atoms with van der Waals surface area (Å²) in [5.74, 6) is 2.12. The van der Waals surface area contributed by atoms with Gasteiger partial charge in [0, 0.05) is 19.3 Å². The van der Waals surface area contributed by atoms with E-state index < -0.39 is 0 Å². The van der Waals surface area contributed by atoms with Crippen molar-refractivity contribution in [3.8, 4) is 23.0 Å². The number of hydrogen-bond donors (Lipinski definition) is 2. The number of pyridine rings is 1. The minimum Gasteiger partial charge on any atom is -0.463 e. The number of carbonyl (C=O) groups is 1. The number of ether oxygens (including phenoxy) is 2. The highest BCUT2D eigenvalue weighted by Crippen LogP contribution is 2.32. The summed E-state index contributed by atoms with van der Waals surface area (Å²) >= 11 is 0. The molecule has 1 aliphatic rings. The molecule has 2 N–H and O–H groups in total. The van der Waals surface area contributed by atoms with Crippen LogP contribution in [0.5, 0.6) is 11.5 Å². The second kappa shape index (κ2) is 7.18. The summed E-state index contributed by atoms with van der Waals surface area (Å²) in [5, 5.41) is 5.65. The van der Waals surface area contributed by atoms with Crippen molar-refractivity contribution in [1.82, 2.24) is 15.6 Å². The Kier molecular flexibility index (Phi) is 4.42. The predicted molar refractivity (Wildman–Crippen MR) is 93.6 cm³/mol. The highest BCUT2D eigenvalue weighted by atomic mass is 16.7. The third kappa shape index (κ3) is 3.61. The Bertz CT molecular complexity index is 909. The molecule has 2 amide bonds. The zero-order chi connectivity index (χ0) is 17.8. The Balaban J connectivity index is 1.30. The van der Waals surface area contributed by atoms with Crippen molar-refractivity contribution in [1.29, 1.82) is 0 Å². The summed E-state index contributed by atoms with van der Waals surface area (Å²) < 4.78 is 15.9. The molecule has 0 unspecified atom stereocenters. The highest BCUT2D eigenvalue weighted by Gasteiger charge is 2.13. The molecular formula is C19H17N3O4. The van der Waals surface area contributed by atoms with Crippen LogP contribution in [0, 0.1) is 0 Å². The van der Waals surface area contributed by atoms with Gasteiger partial charge in [0.25, 0.3) is 0 Å². The van der Waals surface area contributed by atoms with Crippen molar-refractivity contribution >= 4 is 6.03 Å². The molecule has 1 aromatic carbocycles. The number of fused-ring (bicyclic) bond motifs is 1. The van der Waals surface area contributed by atoms with Gasteiger partial charge in [0.1, 0.15) is 5.69 Å². The summed E-state index contributed by atoms with van der Waals surface area (Å²) in [7, 11) is 0. The lowest BCUT2D eigenvalue weighted by Crippen LogP contribution is -2.34. The third-order valence-electron chi connectivity index (χ3n) is 3.94. The quantitative estimate of drug-likeness (QED) is 0.738. The number of benzene rings is 1. The van der Waals surface area contributed by atoms with E-state index in [2.05, 4.69) is 15.6 Å². The fourth-order valence-corrected chi connectivity index (χ4v) is 2.62. The van der Waals surface area contributed by atoms with Crippen LogP contribution in [0.3, 0.4) is 0 Å². The zero-order valence-corrected chi connectivity index (χ0v) is 13.9. The number of carbonyl (C=O) groups excluding carboxylic acids is 1. The van der Waals surface area contributed by atoms with E-state index in [4.69, 9.17) is 13.9 Å². The average molecular weight is 351 g/mol. The summed E-state index contributed by atoms with van der Waals surface area (Å²) in [5.41, 5.74) is 2.60. The number of nitrogens with zero attached hydrogens (tertiary/aromatic N) is 1. The van der Waals surface area contributed by atoms with Gasteiger partial charge < -0.3 is 24.5 Å². The predicted octanol–water partition coefficient (Wildman–Crippen LogP) is 3.07. The zero-order valence-electron chi connectivity index (χ0n) is 13.9. The van der Waals surface area contributed by atoms with Gasteiger partial charge in [-0.05, 0) is 47.5 Å². The van der Waals surface area contributed by atoms with Gasteiger partial charge in [0.2, 0.25) is 6.79 Å². The molecule has 132 valence electrons. The van der Waals surface area contributed by atoms with Crippen molar-refractivity contribution in [2.45, 2.75) is 13.1 Å².